The highest BCUT2D eigenvalue weighted by molar-refractivity contribution is 7.19. The van der Waals surface area contributed by atoms with Crippen molar-refractivity contribution in [2.45, 2.75) is 0 Å². The Kier molecular flexibility index (Phi) is 2.40. The van der Waals surface area contributed by atoms with E-state index >= 15 is 0 Å². The molecule has 0 aliphatic heterocycles. The van der Waals surface area contributed by atoms with Crippen molar-refractivity contribution in [2.24, 2.45) is 0 Å². The SMILES string of the molecule is Fc1ccccc1-c1nnc2sc(-c3ccco3)nn12. The van der Waals surface area contributed by atoms with E-state index in [4.69, 9.17) is 4.42 Å². The zero-order valence-electron chi connectivity index (χ0n) is 10.0. The van der Waals surface area contributed by atoms with E-state index < -0.39 is 0 Å². The van der Waals surface area contributed by atoms with Crippen LogP contribution in [0.3, 0.4) is 0 Å². The van der Waals surface area contributed by atoms with E-state index in [1.165, 1.54) is 21.9 Å². The van der Waals surface area contributed by atoms with Crippen molar-refractivity contribution in [2.75, 3.05) is 0 Å². The van der Waals surface area contributed by atoms with Gasteiger partial charge in [-0.15, -0.1) is 15.3 Å². The molecule has 0 N–H and O–H groups in total. The smallest absolute Gasteiger partial charge is 0.235 e. The molecular weight excluding hydrogens is 279 g/mol. The Balaban J connectivity index is 1.92. The molecule has 3 aromatic heterocycles. The molecule has 0 atom stereocenters. The minimum atomic E-state index is -0.352. The van der Waals surface area contributed by atoms with Crippen LogP contribution in [0.4, 0.5) is 4.39 Å². The van der Waals surface area contributed by atoms with Gasteiger partial charge in [0.2, 0.25) is 4.96 Å². The Bertz CT molecular complexity index is 881. The quantitative estimate of drug-likeness (QED) is 0.567. The second-order valence-electron chi connectivity index (χ2n) is 4.08. The van der Waals surface area contributed by atoms with Crippen LogP contribution < -0.4 is 0 Å². The van der Waals surface area contributed by atoms with Gasteiger partial charge in [-0.3, -0.25) is 0 Å². The maximum absolute atomic E-state index is 13.8. The van der Waals surface area contributed by atoms with Gasteiger partial charge >= 0.3 is 0 Å². The second-order valence-corrected chi connectivity index (χ2v) is 5.04. The predicted octanol–water partition coefficient (Wildman–Crippen LogP) is 3.25. The number of nitrogens with zero attached hydrogens (tertiary/aromatic N) is 4. The molecule has 0 radical (unpaired) electrons. The molecule has 20 heavy (non-hydrogen) atoms. The summed E-state index contributed by atoms with van der Waals surface area (Å²) in [4.78, 5) is 0.592. The molecule has 4 rings (SSSR count). The fraction of sp³-hybridized carbons (Fsp3) is 0. The lowest BCUT2D eigenvalue weighted by Crippen LogP contribution is -1.93. The summed E-state index contributed by atoms with van der Waals surface area (Å²) in [6.45, 7) is 0. The highest BCUT2D eigenvalue weighted by Gasteiger charge is 2.17. The first-order chi connectivity index (χ1) is 9.83. The van der Waals surface area contributed by atoms with Crippen molar-refractivity contribution in [3.8, 4) is 22.2 Å². The van der Waals surface area contributed by atoms with E-state index in [1.54, 1.807) is 30.5 Å². The monoisotopic (exact) mass is 286 g/mol. The van der Waals surface area contributed by atoms with Crippen molar-refractivity contribution in [1.29, 1.82) is 0 Å². The third-order valence-corrected chi connectivity index (χ3v) is 3.75. The Labute approximate surface area is 116 Å². The Morgan fingerprint density at radius 1 is 1.10 bits per heavy atom. The minimum Gasteiger partial charge on any atom is -0.462 e. The van der Waals surface area contributed by atoms with E-state index in [2.05, 4.69) is 15.3 Å². The fourth-order valence-corrected chi connectivity index (χ4v) is 2.73. The summed E-state index contributed by atoms with van der Waals surface area (Å²) in [6.07, 6.45) is 1.58. The predicted molar refractivity (Wildman–Crippen MR) is 71.8 cm³/mol. The van der Waals surface area contributed by atoms with Crippen molar-refractivity contribution < 1.29 is 8.81 Å². The van der Waals surface area contributed by atoms with Crippen molar-refractivity contribution in [3.63, 3.8) is 0 Å². The lowest BCUT2D eigenvalue weighted by Gasteiger charge is -1.97. The van der Waals surface area contributed by atoms with Gasteiger partial charge in [0.25, 0.3) is 0 Å². The zero-order valence-corrected chi connectivity index (χ0v) is 10.8. The summed E-state index contributed by atoms with van der Waals surface area (Å²) in [5, 5.41) is 13.1. The molecule has 3 heterocycles. The van der Waals surface area contributed by atoms with Crippen LogP contribution in [0, 0.1) is 5.82 Å². The first-order valence-corrected chi connectivity index (χ1v) is 6.65. The lowest BCUT2D eigenvalue weighted by atomic mass is 10.2. The number of hydrogen-bond donors (Lipinski definition) is 0. The number of aromatic nitrogens is 4. The third-order valence-electron chi connectivity index (χ3n) is 2.84. The van der Waals surface area contributed by atoms with Crippen molar-refractivity contribution in [3.05, 3.63) is 48.5 Å². The number of halogens is 1. The summed E-state index contributed by atoms with van der Waals surface area (Å²) in [5.74, 6) is 0.682. The van der Waals surface area contributed by atoms with Gasteiger partial charge in [-0.05, 0) is 24.3 Å². The van der Waals surface area contributed by atoms with Crippen molar-refractivity contribution >= 4 is 16.3 Å². The van der Waals surface area contributed by atoms with Gasteiger partial charge in [0.15, 0.2) is 16.6 Å². The lowest BCUT2D eigenvalue weighted by molar-refractivity contribution is 0.580. The summed E-state index contributed by atoms with van der Waals surface area (Å²) in [5.41, 5.74) is 0.372. The van der Waals surface area contributed by atoms with Gasteiger partial charge in [-0.25, -0.2) is 4.39 Å². The third kappa shape index (κ3) is 1.64. The summed E-state index contributed by atoms with van der Waals surface area (Å²) >= 11 is 1.34. The highest BCUT2D eigenvalue weighted by Crippen LogP contribution is 2.28. The number of rotatable bonds is 2. The second kappa shape index (κ2) is 4.24. The molecule has 0 bridgehead atoms. The highest BCUT2D eigenvalue weighted by atomic mass is 32.1. The van der Waals surface area contributed by atoms with E-state index in [1.807, 2.05) is 6.07 Å². The molecule has 0 unspecified atom stereocenters. The molecule has 5 nitrogen and oxygen atoms in total. The number of hydrogen-bond acceptors (Lipinski definition) is 5. The molecule has 98 valence electrons. The first kappa shape index (κ1) is 11.3. The van der Waals surface area contributed by atoms with Crippen LogP contribution in [-0.4, -0.2) is 19.8 Å². The van der Waals surface area contributed by atoms with E-state index in [9.17, 15) is 4.39 Å². The molecule has 0 saturated heterocycles. The van der Waals surface area contributed by atoms with E-state index in [-0.39, 0.29) is 5.82 Å². The van der Waals surface area contributed by atoms with E-state index in [0.717, 1.165) is 0 Å². The van der Waals surface area contributed by atoms with Crippen LogP contribution in [0.25, 0.3) is 27.1 Å². The van der Waals surface area contributed by atoms with Crippen molar-refractivity contribution in [1.82, 2.24) is 19.8 Å². The van der Waals surface area contributed by atoms with Gasteiger partial charge < -0.3 is 4.42 Å². The zero-order chi connectivity index (χ0) is 13.5. The molecule has 0 fully saturated rings. The summed E-state index contributed by atoms with van der Waals surface area (Å²) in [7, 11) is 0. The average Bonchev–Trinajstić information content (AvgIpc) is 3.15. The maximum Gasteiger partial charge on any atom is 0.235 e. The molecular formula is C13H7FN4OS. The molecule has 0 aliphatic rings. The largest absolute Gasteiger partial charge is 0.462 e. The van der Waals surface area contributed by atoms with Gasteiger partial charge in [-0.1, -0.05) is 23.5 Å². The van der Waals surface area contributed by atoms with Crippen LogP contribution in [0.1, 0.15) is 0 Å². The van der Waals surface area contributed by atoms with Gasteiger partial charge in [0.1, 0.15) is 5.82 Å². The Hall–Kier alpha value is -2.54. The van der Waals surface area contributed by atoms with Gasteiger partial charge in [0.05, 0.1) is 11.8 Å². The molecule has 0 saturated carbocycles. The van der Waals surface area contributed by atoms with Crippen LogP contribution in [-0.2, 0) is 0 Å². The maximum atomic E-state index is 13.8. The Morgan fingerprint density at radius 2 is 2.00 bits per heavy atom. The first-order valence-electron chi connectivity index (χ1n) is 5.84. The molecule has 4 aromatic rings. The molecule has 0 amide bonds. The molecule has 0 spiro atoms. The summed E-state index contributed by atoms with van der Waals surface area (Å²) in [6, 6.07) is 10.0. The van der Waals surface area contributed by atoms with Crippen LogP contribution in [0.5, 0.6) is 0 Å². The van der Waals surface area contributed by atoms with Crippen LogP contribution >= 0.6 is 11.3 Å². The molecule has 1 aromatic carbocycles. The topological polar surface area (TPSA) is 56.2 Å². The van der Waals surface area contributed by atoms with Crippen LogP contribution in [0.2, 0.25) is 0 Å². The minimum absolute atomic E-state index is 0.352. The normalized spacial score (nSPS) is 11.2. The number of fused-ring (bicyclic) bond motifs is 1. The number of benzene rings is 1. The standard InChI is InChI=1S/C13H7FN4OS/c14-9-5-2-1-4-8(9)11-15-16-13-18(11)17-12(20-13)10-6-3-7-19-10/h1-7H. The van der Waals surface area contributed by atoms with Crippen LogP contribution in [0.15, 0.2) is 47.1 Å². The van der Waals surface area contributed by atoms with Gasteiger partial charge in [0, 0.05) is 0 Å². The van der Waals surface area contributed by atoms with E-state index in [0.29, 0.717) is 27.1 Å². The molecule has 0 aliphatic carbocycles. The summed E-state index contributed by atoms with van der Waals surface area (Å²) < 4.78 is 20.7. The Morgan fingerprint density at radius 3 is 2.80 bits per heavy atom. The van der Waals surface area contributed by atoms with Gasteiger partial charge in [-0.2, -0.15) is 4.52 Å². The number of furan rings is 1. The average molecular weight is 286 g/mol. The fourth-order valence-electron chi connectivity index (χ4n) is 1.93. The molecule has 7 heteroatoms.